The average Bonchev–Trinajstić information content (AvgIpc) is 2.87. The first-order valence-corrected chi connectivity index (χ1v) is 7.15. The number of phenols is 1. The Kier molecular flexibility index (Phi) is 4.89. The van der Waals surface area contributed by atoms with Crippen LogP contribution in [0.5, 0.6) is 5.75 Å². The first kappa shape index (κ1) is 15.0. The smallest absolute Gasteiger partial charge is 0.355 e. The molecule has 1 amide bonds. The summed E-state index contributed by atoms with van der Waals surface area (Å²) in [5.74, 6) is -1.08. The summed E-state index contributed by atoms with van der Waals surface area (Å²) in [5, 5.41) is 22.9. The number of carboxylic acids is 1. The maximum atomic E-state index is 11.7. The number of carbonyl (C=O) groups is 2. The Morgan fingerprint density at radius 2 is 2.14 bits per heavy atom. The van der Waals surface area contributed by atoms with Crippen LogP contribution in [0, 0.1) is 0 Å². The number of carboxylic acid groups (broad SMARTS) is 1. The highest BCUT2D eigenvalue weighted by Crippen LogP contribution is 2.12. The number of hydrogen-bond acceptors (Lipinski definition) is 5. The van der Waals surface area contributed by atoms with E-state index in [4.69, 9.17) is 5.11 Å². The molecule has 0 atom stereocenters. The van der Waals surface area contributed by atoms with Crippen LogP contribution in [0.25, 0.3) is 0 Å². The Morgan fingerprint density at radius 3 is 2.81 bits per heavy atom. The number of nitrogens with one attached hydrogen (secondary N) is 1. The molecule has 0 saturated carbocycles. The molecule has 6 nitrogen and oxygen atoms in total. The van der Waals surface area contributed by atoms with Gasteiger partial charge in [-0.1, -0.05) is 12.1 Å². The van der Waals surface area contributed by atoms with Gasteiger partial charge in [0.15, 0.2) is 5.69 Å². The normalized spacial score (nSPS) is 10.3. The molecule has 0 aliphatic rings. The van der Waals surface area contributed by atoms with Crippen LogP contribution in [0.15, 0.2) is 29.6 Å². The number of thiazole rings is 1. The van der Waals surface area contributed by atoms with Gasteiger partial charge in [0.2, 0.25) is 5.91 Å². The minimum atomic E-state index is -1.05. The highest BCUT2D eigenvalue weighted by molar-refractivity contribution is 7.09. The minimum absolute atomic E-state index is 0.0288. The Labute approximate surface area is 125 Å². The lowest BCUT2D eigenvalue weighted by molar-refractivity contribution is -0.120. The average molecular weight is 306 g/mol. The summed E-state index contributed by atoms with van der Waals surface area (Å²) in [7, 11) is 0. The molecule has 3 N–H and O–H groups in total. The maximum Gasteiger partial charge on any atom is 0.355 e. The molecule has 0 unspecified atom stereocenters. The quantitative estimate of drug-likeness (QED) is 0.750. The van der Waals surface area contributed by atoms with Crippen LogP contribution in [0.4, 0.5) is 0 Å². The third-order valence-electron chi connectivity index (χ3n) is 2.71. The van der Waals surface area contributed by atoms with E-state index in [9.17, 15) is 14.7 Å². The fraction of sp³-hybridized carbons (Fsp3) is 0.214. The fourth-order valence-corrected chi connectivity index (χ4v) is 2.52. The number of amides is 1. The van der Waals surface area contributed by atoms with E-state index in [2.05, 4.69) is 10.3 Å². The van der Waals surface area contributed by atoms with Gasteiger partial charge in [0.05, 0.1) is 11.4 Å². The van der Waals surface area contributed by atoms with Gasteiger partial charge in [-0.2, -0.15) is 0 Å². The van der Waals surface area contributed by atoms with E-state index in [0.717, 1.165) is 5.56 Å². The third-order valence-corrected chi connectivity index (χ3v) is 3.62. The van der Waals surface area contributed by atoms with Crippen LogP contribution in [0.2, 0.25) is 0 Å². The van der Waals surface area contributed by atoms with Crippen molar-refractivity contribution in [3.05, 3.63) is 45.9 Å². The molecule has 1 aromatic carbocycles. The number of aromatic hydroxyl groups is 1. The number of rotatable bonds is 6. The number of hydrogen-bond donors (Lipinski definition) is 3. The fourth-order valence-electron chi connectivity index (χ4n) is 1.75. The van der Waals surface area contributed by atoms with Crippen molar-refractivity contribution in [1.29, 1.82) is 0 Å². The maximum absolute atomic E-state index is 11.7. The van der Waals surface area contributed by atoms with Gasteiger partial charge in [0.1, 0.15) is 5.75 Å². The number of aromatic carboxylic acids is 1. The first-order chi connectivity index (χ1) is 10.0. The molecule has 0 radical (unpaired) electrons. The largest absolute Gasteiger partial charge is 0.508 e. The zero-order valence-corrected chi connectivity index (χ0v) is 11.9. The summed E-state index contributed by atoms with van der Waals surface area (Å²) in [6.45, 7) is 0.393. The number of aromatic nitrogens is 1. The van der Waals surface area contributed by atoms with E-state index < -0.39 is 5.97 Å². The monoisotopic (exact) mass is 306 g/mol. The van der Waals surface area contributed by atoms with Gasteiger partial charge < -0.3 is 15.5 Å². The van der Waals surface area contributed by atoms with E-state index >= 15 is 0 Å². The Hall–Kier alpha value is -2.41. The molecule has 0 bridgehead atoms. The van der Waals surface area contributed by atoms with Gasteiger partial charge in [-0.3, -0.25) is 4.79 Å². The van der Waals surface area contributed by atoms with Crippen LogP contribution < -0.4 is 5.32 Å². The van der Waals surface area contributed by atoms with Crippen molar-refractivity contribution in [2.24, 2.45) is 0 Å². The van der Waals surface area contributed by atoms with Gasteiger partial charge in [-0.25, -0.2) is 9.78 Å². The second kappa shape index (κ2) is 6.85. The summed E-state index contributed by atoms with van der Waals surface area (Å²) in [6, 6.07) is 6.53. The summed E-state index contributed by atoms with van der Waals surface area (Å²) in [4.78, 5) is 26.3. The minimum Gasteiger partial charge on any atom is -0.508 e. The van der Waals surface area contributed by atoms with E-state index in [0.29, 0.717) is 18.0 Å². The topological polar surface area (TPSA) is 99.5 Å². The van der Waals surface area contributed by atoms with E-state index in [1.165, 1.54) is 16.7 Å². The van der Waals surface area contributed by atoms with Crippen LogP contribution in [0.3, 0.4) is 0 Å². The lowest BCUT2D eigenvalue weighted by Crippen LogP contribution is -2.27. The molecular weight excluding hydrogens is 292 g/mol. The summed E-state index contributed by atoms with van der Waals surface area (Å²) in [6.07, 6.45) is 0.677. The molecule has 0 aliphatic carbocycles. The molecule has 0 saturated heterocycles. The van der Waals surface area contributed by atoms with E-state index in [1.807, 2.05) is 0 Å². The van der Waals surface area contributed by atoms with Crippen LogP contribution in [0.1, 0.15) is 21.1 Å². The van der Waals surface area contributed by atoms with Gasteiger partial charge in [-0.15, -0.1) is 11.3 Å². The van der Waals surface area contributed by atoms with Gasteiger partial charge in [-0.05, 0) is 17.7 Å². The van der Waals surface area contributed by atoms with Crippen molar-refractivity contribution >= 4 is 23.2 Å². The van der Waals surface area contributed by atoms with Gasteiger partial charge in [0, 0.05) is 18.3 Å². The molecule has 1 aromatic heterocycles. The number of nitrogens with zero attached hydrogens (tertiary/aromatic N) is 1. The van der Waals surface area contributed by atoms with Crippen LogP contribution in [-0.4, -0.2) is 33.6 Å². The highest BCUT2D eigenvalue weighted by atomic mass is 32.1. The van der Waals surface area contributed by atoms with Crippen molar-refractivity contribution in [3.8, 4) is 5.75 Å². The summed E-state index contributed by atoms with van der Waals surface area (Å²) >= 11 is 1.26. The lowest BCUT2D eigenvalue weighted by Gasteiger charge is -2.04. The molecule has 0 fully saturated rings. The standard InChI is InChI=1S/C14H14N2O4S/c17-10-3-1-2-9(6-10)7-12(18)15-5-4-13-16-11(8-21-13)14(19)20/h1-3,6,8,17H,4-5,7H2,(H,15,18)(H,19,20). The number of phenolic OH excluding ortho intramolecular Hbond substituents is 1. The summed E-state index contributed by atoms with van der Waals surface area (Å²) in [5.41, 5.74) is 0.760. The van der Waals surface area contributed by atoms with E-state index in [1.54, 1.807) is 24.3 Å². The lowest BCUT2D eigenvalue weighted by atomic mass is 10.1. The Morgan fingerprint density at radius 1 is 1.33 bits per heavy atom. The molecule has 110 valence electrons. The third kappa shape index (κ3) is 4.57. The molecule has 1 heterocycles. The predicted octanol–water partition coefficient (Wildman–Crippen LogP) is 1.45. The second-order valence-corrected chi connectivity index (χ2v) is 5.32. The molecule has 2 aromatic rings. The first-order valence-electron chi connectivity index (χ1n) is 6.27. The van der Waals surface area contributed by atoms with Crippen molar-refractivity contribution in [1.82, 2.24) is 10.3 Å². The van der Waals surface area contributed by atoms with Crippen molar-refractivity contribution in [2.75, 3.05) is 6.54 Å². The zero-order chi connectivity index (χ0) is 15.2. The van der Waals surface area contributed by atoms with Gasteiger partial charge >= 0.3 is 5.97 Å². The number of benzene rings is 1. The predicted molar refractivity (Wildman–Crippen MR) is 77.6 cm³/mol. The molecular formula is C14H14N2O4S. The molecule has 2 rings (SSSR count). The van der Waals surface area contributed by atoms with Crippen LogP contribution in [-0.2, 0) is 17.6 Å². The zero-order valence-electron chi connectivity index (χ0n) is 11.1. The van der Waals surface area contributed by atoms with Crippen molar-refractivity contribution < 1.29 is 19.8 Å². The second-order valence-electron chi connectivity index (χ2n) is 4.38. The van der Waals surface area contributed by atoms with Crippen LogP contribution >= 0.6 is 11.3 Å². The molecule has 0 spiro atoms. The van der Waals surface area contributed by atoms with Gasteiger partial charge in [0.25, 0.3) is 0 Å². The molecule has 21 heavy (non-hydrogen) atoms. The Balaban J connectivity index is 1.77. The van der Waals surface area contributed by atoms with Crippen molar-refractivity contribution in [2.45, 2.75) is 12.8 Å². The van der Waals surface area contributed by atoms with Crippen molar-refractivity contribution in [3.63, 3.8) is 0 Å². The SMILES string of the molecule is O=C(Cc1cccc(O)c1)NCCc1nc(C(=O)O)cs1. The molecule has 7 heteroatoms. The number of carbonyl (C=O) groups excluding carboxylic acids is 1. The van der Waals surface area contributed by atoms with E-state index in [-0.39, 0.29) is 23.8 Å². The molecule has 0 aliphatic heterocycles. The highest BCUT2D eigenvalue weighted by Gasteiger charge is 2.09. The Bertz CT molecular complexity index is 654. The summed E-state index contributed by atoms with van der Waals surface area (Å²) < 4.78 is 0.